The summed E-state index contributed by atoms with van der Waals surface area (Å²) in [6, 6.07) is 5.35. The van der Waals surface area contributed by atoms with Crippen LogP contribution in [0.15, 0.2) is 18.2 Å². The van der Waals surface area contributed by atoms with E-state index in [1.54, 1.807) is 26.4 Å². The highest BCUT2D eigenvalue weighted by Crippen LogP contribution is 2.30. The topological polar surface area (TPSA) is 47.9 Å². The van der Waals surface area contributed by atoms with Gasteiger partial charge in [-0.15, -0.1) is 0 Å². The minimum Gasteiger partial charge on any atom is -0.493 e. The van der Waals surface area contributed by atoms with Crippen molar-refractivity contribution < 1.29 is 19.3 Å². The fourth-order valence-electron chi connectivity index (χ4n) is 1.57. The zero-order valence-electron chi connectivity index (χ0n) is 11.5. The van der Waals surface area contributed by atoms with E-state index in [1.807, 2.05) is 6.07 Å². The molecule has 1 rings (SSSR count). The first-order valence-electron chi connectivity index (χ1n) is 6.06. The fraction of sp³-hybridized carbons (Fsp3) is 0.571. The van der Waals surface area contributed by atoms with Crippen molar-refractivity contribution in [2.24, 2.45) is 5.92 Å². The first-order valence-corrected chi connectivity index (χ1v) is 6.06. The van der Waals surface area contributed by atoms with Gasteiger partial charge in [0.05, 0.1) is 20.8 Å². The number of rotatable bonds is 7. The molecule has 0 heterocycles. The fourth-order valence-corrected chi connectivity index (χ4v) is 1.57. The monoisotopic (exact) mass is 254 g/mol. The minimum atomic E-state index is -0.649. The molecule has 1 atom stereocenters. The lowest BCUT2D eigenvalue weighted by Crippen LogP contribution is -2.11. The van der Waals surface area contributed by atoms with Gasteiger partial charge in [-0.3, -0.25) is 0 Å². The molecule has 0 saturated carbocycles. The number of methoxy groups -OCH3 is 2. The molecule has 0 bridgehead atoms. The van der Waals surface area contributed by atoms with Gasteiger partial charge in [0.1, 0.15) is 6.10 Å². The normalized spacial score (nSPS) is 12.6. The second-order valence-electron chi connectivity index (χ2n) is 4.56. The van der Waals surface area contributed by atoms with Gasteiger partial charge >= 0.3 is 0 Å². The van der Waals surface area contributed by atoms with Crippen LogP contribution >= 0.6 is 0 Å². The molecule has 0 aromatic heterocycles. The lowest BCUT2D eigenvalue weighted by Gasteiger charge is -2.15. The Balaban J connectivity index is 2.65. The average Bonchev–Trinajstić information content (AvgIpc) is 2.37. The van der Waals surface area contributed by atoms with Crippen molar-refractivity contribution in [2.75, 3.05) is 27.4 Å². The molecule has 0 saturated heterocycles. The van der Waals surface area contributed by atoms with Gasteiger partial charge < -0.3 is 19.3 Å². The van der Waals surface area contributed by atoms with E-state index in [0.29, 0.717) is 24.0 Å². The predicted molar refractivity (Wildman–Crippen MR) is 70.2 cm³/mol. The number of hydrogen-bond acceptors (Lipinski definition) is 4. The van der Waals surface area contributed by atoms with Crippen molar-refractivity contribution in [3.8, 4) is 11.5 Å². The quantitative estimate of drug-likeness (QED) is 0.811. The van der Waals surface area contributed by atoms with Crippen LogP contribution in [0.4, 0.5) is 0 Å². The van der Waals surface area contributed by atoms with Crippen molar-refractivity contribution in [1.82, 2.24) is 0 Å². The van der Waals surface area contributed by atoms with Gasteiger partial charge in [-0.05, 0) is 23.6 Å². The molecule has 102 valence electrons. The number of benzene rings is 1. The molecule has 1 aromatic rings. The van der Waals surface area contributed by atoms with Crippen molar-refractivity contribution in [3.05, 3.63) is 23.8 Å². The van der Waals surface area contributed by atoms with E-state index in [1.165, 1.54) is 0 Å². The molecule has 0 amide bonds. The van der Waals surface area contributed by atoms with Crippen molar-refractivity contribution in [1.29, 1.82) is 0 Å². The molecule has 0 aliphatic carbocycles. The lowest BCUT2D eigenvalue weighted by atomic mass is 10.1. The Morgan fingerprint density at radius 2 is 1.72 bits per heavy atom. The highest BCUT2D eigenvalue weighted by atomic mass is 16.5. The van der Waals surface area contributed by atoms with E-state index in [-0.39, 0.29) is 6.61 Å². The summed E-state index contributed by atoms with van der Waals surface area (Å²) in [5.74, 6) is 1.72. The molecule has 0 aliphatic heterocycles. The van der Waals surface area contributed by atoms with Gasteiger partial charge in [0.25, 0.3) is 0 Å². The van der Waals surface area contributed by atoms with Gasteiger partial charge in [-0.1, -0.05) is 19.9 Å². The number of ether oxygens (including phenoxy) is 3. The third kappa shape index (κ3) is 4.20. The molecule has 4 nitrogen and oxygen atoms in total. The Morgan fingerprint density at radius 1 is 1.06 bits per heavy atom. The highest BCUT2D eigenvalue weighted by Gasteiger charge is 2.12. The van der Waals surface area contributed by atoms with E-state index < -0.39 is 6.10 Å². The van der Waals surface area contributed by atoms with Crippen LogP contribution in [0.5, 0.6) is 11.5 Å². The number of hydrogen-bond donors (Lipinski definition) is 1. The van der Waals surface area contributed by atoms with Crippen LogP contribution in [0.3, 0.4) is 0 Å². The Kier molecular flexibility index (Phi) is 5.95. The molecule has 0 radical (unpaired) electrons. The average molecular weight is 254 g/mol. The van der Waals surface area contributed by atoms with Crippen molar-refractivity contribution in [2.45, 2.75) is 20.0 Å². The Bertz CT molecular complexity index is 363. The van der Waals surface area contributed by atoms with Gasteiger partial charge in [-0.25, -0.2) is 0 Å². The standard InChI is InChI=1S/C14H22O4/c1-10(2)8-18-9-12(15)11-5-6-13(16-3)14(7-11)17-4/h5-7,10,12,15H,8-9H2,1-4H3. The summed E-state index contributed by atoms with van der Waals surface area (Å²) in [6.07, 6.45) is -0.649. The molecule has 4 heteroatoms. The van der Waals surface area contributed by atoms with Crippen LogP contribution in [-0.4, -0.2) is 32.5 Å². The molecule has 0 fully saturated rings. The largest absolute Gasteiger partial charge is 0.493 e. The van der Waals surface area contributed by atoms with Crippen LogP contribution in [-0.2, 0) is 4.74 Å². The summed E-state index contributed by atoms with van der Waals surface area (Å²) < 4.78 is 15.8. The molecule has 1 aromatic carbocycles. The van der Waals surface area contributed by atoms with Crippen LogP contribution in [0, 0.1) is 5.92 Å². The van der Waals surface area contributed by atoms with Gasteiger partial charge in [0.2, 0.25) is 0 Å². The smallest absolute Gasteiger partial charge is 0.161 e. The van der Waals surface area contributed by atoms with Crippen LogP contribution < -0.4 is 9.47 Å². The molecular weight excluding hydrogens is 232 g/mol. The first kappa shape index (κ1) is 14.8. The van der Waals surface area contributed by atoms with Crippen LogP contribution in [0.1, 0.15) is 25.5 Å². The van der Waals surface area contributed by atoms with Gasteiger partial charge in [0, 0.05) is 6.61 Å². The van der Waals surface area contributed by atoms with Crippen molar-refractivity contribution >= 4 is 0 Å². The second kappa shape index (κ2) is 7.24. The van der Waals surface area contributed by atoms with Gasteiger partial charge in [0.15, 0.2) is 11.5 Å². The molecule has 0 aliphatic rings. The highest BCUT2D eigenvalue weighted by molar-refractivity contribution is 5.43. The molecule has 0 spiro atoms. The SMILES string of the molecule is COc1ccc(C(O)COCC(C)C)cc1OC. The van der Waals surface area contributed by atoms with E-state index in [2.05, 4.69) is 13.8 Å². The Morgan fingerprint density at radius 3 is 2.28 bits per heavy atom. The van der Waals surface area contributed by atoms with E-state index in [0.717, 1.165) is 5.56 Å². The summed E-state index contributed by atoms with van der Waals surface area (Å²) in [4.78, 5) is 0. The summed E-state index contributed by atoms with van der Waals surface area (Å²) in [5, 5.41) is 10.00. The third-order valence-electron chi connectivity index (χ3n) is 2.52. The molecule has 18 heavy (non-hydrogen) atoms. The minimum absolute atomic E-state index is 0.285. The van der Waals surface area contributed by atoms with E-state index in [9.17, 15) is 5.11 Å². The summed E-state index contributed by atoms with van der Waals surface area (Å²) in [6.45, 7) is 5.07. The number of aliphatic hydroxyl groups is 1. The predicted octanol–water partition coefficient (Wildman–Crippen LogP) is 2.41. The maximum Gasteiger partial charge on any atom is 0.161 e. The maximum atomic E-state index is 10.00. The second-order valence-corrected chi connectivity index (χ2v) is 4.56. The third-order valence-corrected chi connectivity index (χ3v) is 2.52. The maximum absolute atomic E-state index is 10.00. The first-order chi connectivity index (χ1) is 8.58. The van der Waals surface area contributed by atoms with Crippen LogP contribution in [0.2, 0.25) is 0 Å². The van der Waals surface area contributed by atoms with E-state index in [4.69, 9.17) is 14.2 Å². The van der Waals surface area contributed by atoms with Crippen molar-refractivity contribution in [3.63, 3.8) is 0 Å². The summed E-state index contributed by atoms with van der Waals surface area (Å²) >= 11 is 0. The summed E-state index contributed by atoms with van der Waals surface area (Å²) in [7, 11) is 3.16. The number of aliphatic hydroxyl groups excluding tert-OH is 1. The summed E-state index contributed by atoms with van der Waals surface area (Å²) in [5.41, 5.74) is 0.761. The molecule has 1 N–H and O–H groups in total. The zero-order chi connectivity index (χ0) is 13.5. The molecular formula is C14H22O4. The van der Waals surface area contributed by atoms with Gasteiger partial charge in [-0.2, -0.15) is 0 Å². The Hall–Kier alpha value is -1.26. The lowest BCUT2D eigenvalue weighted by molar-refractivity contribution is 0.0249. The Labute approximate surface area is 108 Å². The van der Waals surface area contributed by atoms with E-state index >= 15 is 0 Å². The van der Waals surface area contributed by atoms with Crippen LogP contribution in [0.25, 0.3) is 0 Å². The molecule has 1 unspecified atom stereocenters. The zero-order valence-corrected chi connectivity index (χ0v) is 11.5.